The Hall–Kier alpha value is -1.09. The molecule has 2 fully saturated rings. The highest BCUT2D eigenvalue weighted by Gasteiger charge is 2.56. The van der Waals surface area contributed by atoms with E-state index in [0.717, 1.165) is 43.2 Å². The van der Waals surface area contributed by atoms with Crippen molar-refractivity contribution in [2.45, 2.75) is 71.8 Å². The minimum atomic E-state index is -0.127. The summed E-state index contributed by atoms with van der Waals surface area (Å²) in [5, 5.41) is 22.9. The van der Waals surface area contributed by atoms with Gasteiger partial charge in [-0.3, -0.25) is 0 Å². The third-order valence-corrected chi connectivity index (χ3v) is 8.20. The van der Waals surface area contributed by atoms with Crippen LogP contribution in [0.2, 0.25) is 0 Å². The van der Waals surface area contributed by atoms with Crippen LogP contribution in [0, 0.1) is 28.6 Å². The summed E-state index contributed by atoms with van der Waals surface area (Å²) in [5.41, 5.74) is 4.09. The maximum atomic E-state index is 10.1. The van der Waals surface area contributed by atoms with E-state index in [1.165, 1.54) is 30.4 Å². The Morgan fingerprint density at radius 2 is 1.83 bits per heavy atom. The molecule has 2 N–H and O–H groups in total. The molecule has 24 heavy (non-hydrogen) atoms. The molecule has 0 aromatic rings. The summed E-state index contributed by atoms with van der Waals surface area (Å²) in [7, 11) is 0. The fourth-order valence-corrected chi connectivity index (χ4v) is 6.82. The van der Waals surface area contributed by atoms with E-state index < -0.39 is 0 Å². The van der Waals surface area contributed by atoms with Gasteiger partial charge in [-0.05, 0) is 86.0 Å². The van der Waals surface area contributed by atoms with E-state index in [1.807, 2.05) is 6.92 Å². The zero-order valence-electron chi connectivity index (χ0n) is 15.3. The number of rotatable bonds is 1. The first kappa shape index (κ1) is 16.4. The number of hydrogen-bond acceptors (Lipinski definition) is 3. The molecule has 132 valence electrons. The Bertz CT molecular complexity index is 634. The molecular weight excluding hydrogens is 298 g/mol. The van der Waals surface area contributed by atoms with Crippen LogP contribution >= 0.6 is 0 Å². The number of aliphatic hydroxyl groups is 1. The van der Waals surface area contributed by atoms with Crippen LogP contribution in [-0.4, -0.2) is 22.1 Å². The molecule has 3 nitrogen and oxygen atoms in total. The Kier molecular flexibility index (Phi) is 3.72. The molecule has 4 rings (SSSR count). The first-order valence-electron chi connectivity index (χ1n) is 9.67. The van der Waals surface area contributed by atoms with Crippen molar-refractivity contribution in [2.75, 3.05) is 0 Å². The molecule has 6 atom stereocenters. The topological polar surface area (TPSA) is 52.8 Å². The van der Waals surface area contributed by atoms with E-state index >= 15 is 0 Å². The molecule has 6 unspecified atom stereocenters. The van der Waals surface area contributed by atoms with Gasteiger partial charge in [-0.1, -0.05) is 36.7 Å². The number of oxime groups is 1. The van der Waals surface area contributed by atoms with Crippen molar-refractivity contribution in [3.8, 4) is 0 Å². The van der Waals surface area contributed by atoms with Crippen LogP contribution in [0.3, 0.4) is 0 Å². The average molecular weight is 329 g/mol. The van der Waals surface area contributed by atoms with E-state index in [0.29, 0.717) is 11.3 Å². The fourth-order valence-electron chi connectivity index (χ4n) is 6.82. The second kappa shape index (κ2) is 5.45. The molecule has 0 bridgehead atoms. The van der Waals surface area contributed by atoms with E-state index in [-0.39, 0.29) is 11.5 Å². The van der Waals surface area contributed by atoms with E-state index in [1.54, 1.807) is 0 Å². The van der Waals surface area contributed by atoms with Crippen molar-refractivity contribution in [2.24, 2.45) is 33.7 Å². The smallest absolute Gasteiger partial charge is 0.0799 e. The van der Waals surface area contributed by atoms with Crippen molar-refractivity contribution in [1.82, 2.24) is 0 Å². The van der Waals surface area contributed by atoms with E-state index in [2.05, 4.69) is 31.2 Å². The molecular formula is C21H31NO2. The van der Waals surface area contributed by atoms with Gasteiger partial charge in [0, 0.05) is 0 Å². The summed E-state index contributed by atoms with van der Waals surface area (Å²) in [6, 6.07) is 0. The SMILES string of the molecule is CC(=NO)C1=CCC2C3CC=C4CC(O)CCC4(C)C3CCC12C. The maximum absolute atomic E-state index is 10.1. The normalized spacial score (nSPS) is 48.1. The molecule has 0 aliphatic heterocycles. The van der Waals surface area contributed by atoms with Crippen LogP contribution in [0.15, 0.2) is 28.5 Å². The highest BCUT2D eigenvalue weighted by atomic mass is 16.4. The van der Waals surface area contributed by atoms with Crippen LogP contribution in [-0.2, 0) is 0 Å². The molecule has 0 radical (unpaired) electrons. The number of aliphatic hydroxyl groups excluding tert-OH is 1. The fraction of sp³-hybridized carbons (Fsp3) is 0.762. The summed E-state index contributed by atoms with van der Waals surface area (Å²) >= 11 is 0. The van der Waals surface area contributed by atoms with Gasteiger partial charge < -0.3 is 10.3 Å². The summed E-state index contributed by atoms with van der Waals surface area (Å²) in [6.45, 7) is 6.80. The number of nitrogens with zero attached hydrogens (tertiary/aromatic N) is 1. The molecule has 0 spiro atoms. The number of allylic oxidation sites excluding steroid dienone is 3. The summed E-state index contributed by atoms with van der Waals surface area (Å²) in [4.78, 5) is 0. The Balaban J connectivity index is 1.66. The van der Waals surface area contributed by atoms with Crippen LogP contribution in [0.1, 0.15) is 65.7 Å². The van der Waals surface area contributed by atoms with E-state index in [4.69, 9.17) is 0 Å². The molecule has 0 heterocycles. The van der Waals surface area contributed by atoms with Crippen molar-refractivity contribution >= 4 is 5.71 Å². The minimum Gasteiger partial charge on any atom is -0.411 e. The molecule has 0 aromatic heterocycles. The van der Waals surface area contributed by atoms with Crippen molar-refractivity contribution in [1.29, 1.82) is 0 Å². The van der Waals surface area contributed by atoms with Gasteiger partial charge in [0.1, 0.15) is 0 Å². The quantitative estimate of drug-likeness (QED) is 0.317. The van der Waals surface area contributed by atoms with Gasteiger partial charge in [0.25, 0.3) is 0 Å². The molecule has 0 aromatic carbocycles. The minimum absolute atomic E-state index is 0.127. The van der Waals surface area contributed by atoms with Gasteiger partial charge in [-0.2, -0.15) is 0 Å². The second-order valence-corrected chi connectivity index (χ2v) is 9.15. The van der Waals surface area contributed by atoms with Crippen molar-refractivity contribution < 1.29 is 10.3 Å². The molecule has 0 amide bonds. The summed E-state index contributed by atoms with van der Waals surface area (Å²) in [6.07, 6.45) is 12.4. The van der Waals surface area contributed by atoms with Crippen LogP contribution in [0.5, 0.6) is 0 Å². The maximum Gasteiger partial charge on any atom is 0.0799 e. The van der Waals surface area contributed by atoms with Gasteiger partial charge >= 0.3 is 0 Å². The monoisotopic (exact) mass is 329 g/mol. The van der Waals surface area contributed by atoms with Gasteiger partial charge in [0.15, 0.2) is 0 Å². The third-order valence-electron chi connectivity index (χ3n) is 8.20. The molecule has 4 aliphatic carbocycles. The van der Waals surface area contributed by atoms with Crippen molar-refractivity contribution in [3.63, 3.8) is 0 Å². The Labute approximate surface area is 145 Å². The lowest BCUT2D eigenvalue weighted by molar-refractivity contribution is -0.0280. The molecule has 3 heteroatoms. The van der Waals surface area contributed by atoms with Crippen molar-refractivity contribution in [3.05, 3.63) is 23.3 Å². The Morgan fingerprint density at radius 3 is 2.58 bits per heavy atom. The highest BCUT2D eigenvalue weighted by molar-refractivity contribution is 5.99. The van der Waals surface area contributed by atoms with Crippen LogP contribution in [0.4, 0.5) is 0 Å². The summed E-state index contributed by atoms with van der Waals surface area (Å²) in [5.74, 6) is 2.15. The first-order valence-corrected chi connectivity index (χ1v) is 9.67. The number of hydrogen-bond donors (Lipinski definition) is 2. The Morgan fingerprint density at radius 1 is 1.08 bits per heavy atom. The third kappa shape index (κ3) is 2.09. The zero-order valence-corrected chi connectivity index (χ0v) is 15.3. The summed E-state index contributed by atoms with van der Waals surface area (Å²) < 4.78 is 0. The predicted molar refractivity (Wildman–Crippen MR) is 96.1 cm³/mol. The lowest BCUT2D eigenvalue weighted by atomic mass is 9.47. The van der Waals surface area contributed by atoms with Gasteiger partial charge in [-0.25, -0.2) is 0 Å². The standard InChI is InChI=1S/C21H31NO2/c1-13(22-24)17-6-7-18-16-5-4-14-12-15(23)8-10-20(14,2)19(16)9-11-21(17,18)3/h4,6,15-16,18-19,23-24H,5,7-12H2,1-3H3. The zero-order chi connectivity index (χ0) is 17.1. The molecule has 4 aliphatic rings. The van der Waals surface area contributed by atoms with Gasteiger partial charge in [-0.15, -0.1) is 0 Å². The largest absolute Gasteiger partial charge is 0.411 e. The predicted octanol–water partition coefficient (Wildman–Crippen LogP) is 4.70. The lowest BCUT2D eigenvalue weighted by Gasteiger charge is -2.57. The van der Waals surface area contributed by atoms with Crippen LogP contribution in [0.25, 0.3) is 0 Å². The van der Waals surface area contributed by atoms with Gasteiger partial charge in [0.05, 0.1) is 11.8 Å². The first-order chi connectivity index (χ1) is 11.4. The van der Waals surface area contributed by atoms with Crippen LogP contribution < -0.4 is 0 Å². The molecule has 2 saturated carbocycles. The highest BCUT2D eigenvalue weighted by Crippen LogP contribution is 2.65. The van der Waals surface area contributed by atoms with E-state index in [9.17, 15) is 10.3 Å². The average Bonchev–Trinajstić information content (AvgIpc) is 2.92. The molecule has 0 saturated heterocycles. The van der Waals surface area contributed by atoms with Gasteiger partial charge in [0.2, 0.25) is 0 Å². The lowest BCUT2D eigenvalue weighted by Crippen LogP contribution is -2.50. The second-order valence-electron chi connectivity index (χ2n) is 9.15. The number of fused-ring (bicyclic) bond motifs is 5.